The molecule has 0 spiro atoms. The van der Waals surface area contributed by atoms with Gasteiger partial charge in [-0.25, -0.2) is 4.39 Å². The second-order valence-electron chi connectivity index (χ2n) is 7.33. The molecule has 3 rings (SSSR count). The maximum atomic E-state index is 13.9. The molecule has 1 fully saturated rings. The molecular weight excluding hydrogens is 387 g/mol. The van der Waals surface area contributed by atoms with E-state index in [9.17, 15) is 9.18 Å². The highest BCUT2D eigenvalue weighted by Gasteiger charge is 2.21. The standard InChI is InChI=1S/C23H29FN2O2S/c1-3-29-16-17-4-7-19(8-5-17)23(27)25-20-10-12-26(13-11-20)15-18-6-9-22(28-2)21(24)14-18/h4-9,14,20H,3,10-13,15-16H2,1-2H3,(H,25,27). The molecule has 0 radical (unpaired) electrons. The summed E-state index contributed by atoms with van der Waals surface area (Å²) >= 11 is 1.87. The number of nitrogens with zero attached hydrogens (tertiary/aromatic N) is 1. The van der Waals surface area contributed by atoms with Crippen molar-refractivity contribution in [3.63, 3.8) is 0 Å². The summed E-state index contributed by atoms with van der Waals surface area (Å²) in [5.74, 6) is 2.01. The number of amides is 1. The van der Waals surface area contributed by atoms with Gasteiger partial charge < -0.3 is 10.1 Å². The Morgan fingerprint density at radius 3 is 2.48 bits per heavy atom. The number of carbonyl (C=O) groups excluding carboxylic acids is 1. The molecule has 1 N–H and O–H groups in total. The van der Waals surface area contributed by atoms with E-state index in [-0.39, 0.29) is 23.5 Å². The predicted molar refractivity (Wildman–Crippen MR) is 117 cm³/mol. The molecule has 1 aliphatic rings. The first-order valence-corrected chi connectivity index (χ1v) is 11.3. The van der Waals surface area contributed by atoms with Gasteiger partial charge in [-0.2, -0.15) is 11.8 Å². The Kier molecular flexibility index (Phi) is 7.95. The molecule has 2 aromatic carbocycles. The molecular formula is C23H29FN2O2S. The van der Waals surface area contributed by atoms with Gasteiger partial charge in [-0.3, -0.25) is 9.69 Å². The Hall–Kier alpha value is -2.05. The van der Waals surface area contributed by atoms with Crippen LogP contribution >= 0.6 is 11.8 Å². The lowest BCUT2D eigenvalue weighted by atomic mass is 10.0. The molecule has 2 aromatic rings. The molecule has 1 saturated heterocycles. The largest absolute Gasteiger partial charge is 0.494 e. The molecule has 0 saturated carbocycles. The second-order valence-corrected chi connectivity index (χ2v) is 8.60. The van der Waals surface area contributed by atoms with Crippen LogP contribution in [0.1, 0.15) is 41.3 Å². The van der Waals surface area contributed by atoms with E-state index in [0.717, 1.165) is 43.0 Å². The van der Waals surface area contributed by atoms with Crippen LogP contribution in [0.2, 0.25) is 0 Å². The van der Waals surface area contributed by atoms with Crippen LogP contribution in [-0.2, 0) is 12.3 Å². The zero-order valence-corrected chi connectivity index (χ0v) is 17.9. The van der Waals surface area contributed by atoms with Crippen molar-refractivity contribution in [1.29, 1.82) is 0 Å². The van der Waals surface area contributed by atoms with Gasteiger partial charge in [0.2, 0.25) is 0 Å². The minimum absolute atomic E-state index is 0.00429. The van der Waals surface area contributed by atoms with Gasteiger partial charge in [0.1, 0.15) is 0 Å². The highest BCUT2D eigenvalue weighted by molar-refractivity contribution is 7.98. The average Bonchev–Trinajstić information content (AvgIpc) is 2.74. The molecule has 1 heterocycles. The lowest BCUT2D eigenvalue weighted by Crippen LogP contribution is -2.44. The summed E-state index contributed by atoms with van der Waals surface area (Å²) in [7, 11) is 1.47. The van der Waals surface area contributed by atoms with E-state index in [0.29, 0.717) is 12.1 Å². The number of piperidine rings is 1. The Labute approximate surface area is 176 Å². The van der Waals surface area contributed by atoms with E-state index in [4.69, 9.17) is 4.74 Å². The molecule has 4 nitrogen and oxygen atoms in total. The highest BCUT2D eigenvalue weighted by Crippen LogP contribution is 2.20. The van der Waals surface area contributed by atoms with Crippen molar-refractivity contribution in [3.8, 4) is 5.75 Å². The molecule has 0 aromatic heterocycles. The van der Waals surface area contributed by atoms with Crippen molar-refractivity contribution >= 4 is 17.7 Å². The maximum Gasteiger partial charge on any atom is 0.251 e. The summed E-state index contributed by atoms with van der Waals surface area (Å²) in [5, 5.41) is 3.16. The number of benzene rings is 2. The van der Waals surface area contributed by atoms with E-state index < -0.39 is 0 Å². The van der Waals surface area contributed by atoms with Gasteiger partial charge in [-0.05, 0) is 54.0 Å². The normalized spacial score (nSPS) is 15.3. The van der Waals surface area contributed by atoms with Crippen LogP contribution < -0.4 is 10.1 Å². The minimum atomic E-state index is -0.327. The number of likely N-dealkylation sites (tertiary alicyclic amines) is 1. The molecule has 1 aliphatic heterocycles. The number of hydrogen-bond donors (Lipinski definition) is 1. The number of nitrogens with one attached hydrogen (secondary N) is 1. The Bertz CT molecular complexity index is 805. The van der Waals surface area contributed by atoms with Gasteiger partial charge >= 0.3 is 0 Å². The monoisotopic (exact) mass is 416 g/mol. The summed E-state index contributed by atoms with van der Waals surface area (Å²) in [6.07, 6.45) is 1.80. The number of ether oxygens (including phenoxy) is 1. The van der Waals surface area contributed by atoms with E-state index in [2.05, 4.69) is 17.1 Å². The lowest BCUT2D eigenvalue weighted by molar-refractivity contribution is 0.0909. The quantitative estimate of drug-likeness (QED) is 0.689. The van der Waals surface area contributed by atoms with Gasteiger partial charge in [0.15, 0.2) is 11.6 Å². The first kappa shape index (κ1) is 21.7. The Balaban J connectivity index is 1.45. The molecule has 6 heteroatoms. The van der Waals surface area contributed by atoms with Gasteiger partial charge in [0, 0.05) is 37.0 Å². The van der Waals surface area contributed by atoms with E-state index in [1.54, 1.807) is 6.07 Å². The minimum Gasteiger partial charge on any atom is -0.494 e. The SMILES string of the molecule is CCSCc1ccc(C(=O)NC2CCN(Cc3ccc(OC)c(F)c3)CC2)cc1. The van der Waals surface area contributed by atoms with Crippen molar-refractivity contribution in [2.24, 2.45) is 0 Å². The second kappa shape index (κ2) is 10.6. The third-order valence-corrected chi connectivity index (χ3v) is 6.18. The fraction of sp³-hybridized carbons (Fsp3) is 0.435. The Morgan fingerprint density at radius 2 is 1.86 bits per heavy atom. The van der Waals surface area contributed by atoms with Crippen LogP contribution in [-0.4, -0.2) is 42.8 Å². The zero-order chi connectivity index (χ0) is 20.6. The van der Waals surface area contributed by atoms with Crippen molar-refractivity contribution in [1.82, 2.24) is 10.2 Å². The molecule has 0 atom stereocenters. The van der Waals surface area contributed by atoms with Crippen LogP contribution in [0.25, 0.3) is 0 Å². The predicted octanol–water partition coefficient (Wildman–Crippen LogP) is 4.48. The third-order valence-electron chi connectivity index (χ3n) is 5.23. The highest BCUT2D eigenvalue weighted by atomic mass is 32.2. The van der Waals surface area contributed by atoms with Crippen molar-refractivity contribution in [2.45, 2.75) is 38.1 Å². The van der Waals surface area contributed by atoms with Gasteiger partial charge in [-0.1, -0.05) is 25.1 Å². The smallest absolute Gasteiger partial charge is 0.251 e. The van der Waals surface area contributed by atoms with Crippen molar-refractivity contribution < 1.29 is 13.9 Å². The Morgan fingerprint density at radius 1 is 1.17 bits per heavy atom. The summed E-state index contributed by atoms with van der Waals surface area (Å²) in [5.41, 5.74) is 2.90. The number of carbonyl (C=O) groups is 1. The maximum absolute atomic E-state index is 13.9. The van der Waals surface area contributed by atoms with Crippen LogP contribution in [0.4, 0.5) is 4.39 Å². The summed E-state index contributed by atoms with van der Waals surface area (Å²) < 4.78 is 18.8. The van der Waals surface area contributed by atoms with Crippen molar-refractivity contribution in [3.05, 3.63) is 65.0 Å². The first-order chi connectivity index (χ1) is 14.1. The number of thioether (sulfide) groups is 1. The molecule has 0 aliphatic carbocycles. The average molecular weight is 417 g/mol. The van der Waals surface area contributed by atoms with E-state index in [1.807, 2.05) is 42.1 Å². The molecule has 1 amide bonds. The van der Waals surface area contributed by atoms with Crippen LogP contribution in [0.3, 0.4) is 0 Å². The molecule has 156 valence electrons. The van der Waals surface area contributed by atoms with Crippen molar-refractivity contribution in [2.75, 3.05) is 26.0 Å². The number of hydrogen-bond acceptors (Lipinski definition) is 4. The lowest BCUT2D eigenvalue weighted by Gasteiger charge is -2.32. The van der Waals surface area contributed by atoms with E-state index >= 15 is 0 Å². The summed E-state index contributed by atoms with van der Waals surface area (Å²) in [6.45, 7) is 4.61. The topological polar surface area (TPSA) is 41.6 Å². The number of rotatable bonds is 8. The molecule has 0 unspecified atom stereocenters. The number of halogens is 1. The van der Waals surface area contributed by atoms with Crippen LogP contribution in [0.5, 0.6) is 5.75 Å². The number of methoxy groups -OCH3 is 1. The molecule has 29 heavy (non-hydrogen) atoms. The summed E-state index contributed by atoms with van der Waals surface area (Å²) in [6, 6.07) is 13.2. The van der Waals surface area contributed by atoms with Gasteiger partial charge in [0.25, 0.3) is 5.91 Å². The van der Waals surface area contributed by atoms with Gasteiger partial charge in [0.05, 0.1) is 7.11 Å². The third kappa shape index (κ3) is 6.21. The van der Waals surface area contributed by atoms with Crippen LogP contribution in [0, 0.1) is 5.82 Å². The summed E-state index contributed by atoms with van der Waals surface area (Å²) in [4.78, 5) is 14.8. The fourth-order valence-electron chi connectivity index (χ4n) is 3.54. The van der Waals surface area contributed by atoms with Gasteiger partial charge in [-0.15, -0.1) is 0 Å². The van der Waals surface area contributed by atoms with E-state index in [1.165, 1.54) is 18.7 Å². The zero-order valence-electron chi connectivity index (χ0n) is 17.1. The van der Waals surface area contributed by atoms with Crippen LogP contribution in [0.15, 0.2) is 42.5 Å². The molecule has 0 bridgehead atoms. The first-order valence-electron chi connectivity index (χ1n) is 10.1. The fourth-order valence-corrected chi connectivity index (χ4v) is 4.18.